The fraction of sp³-hybridized carbons (Fsp3) is 0.158. The van der Waals surface area contributed by atoms with Gasteiger partial charge in [0.25, 0.3) is 0 Å². The van der Waals surface area contributed by atoms with Crippen molar-refractivity contribution in [1.29, 1.82) is 0 Å². The molecule has 2 aromatic heterocycles. The molecule has 0 fully saturated rings. The third-order valence-corrected chi connectivity index (χ3v) is 4.36. The predicted octanol–water partition coefficient (Wildman–Crippen LogP) is 4.53. The number of thiophene rings is 1. The van der Waals surface area contributed by atoms with Crippen LogP contribution in [0.5, 0.6) is 5.75 Å². The Morgan fingerprint density at radius 3 is 2.74 bits per heavy atom. The third kappa shape index (κ3) is 4.38. The maximum atomic E-state index is 12.9. The van der Waals surface area contributed by atoms with Crippen LogP contribution >= 0.6 is 11.3 Å². The average molecular weight is 391 g/mol. The summed E-state index contributed by atoms with van der Waals surface area (Å²) in [6.45, 7) is -0.100. The van der Waals surface area contributed by atoms with Gasteiger partial charge in [0, 0.05) is 17.0 Å². The molecule has 0 N–H and O–H groups in total. The number of halogens is 3. The number of carbonyl (C=O) groups excluding carboxylic acids is 1. The minimum atomic E-state index is -4.56. The largest absolute Gasteiger partial charge is 0.496 e. The molecule has 8 heteroatoms. The van der Waals surface area contributed by atoms with Crippen molar-refractivity contribution in [2.24, 2.45) is 0 Å². The van der Waals surface area contributed by atoms with E-state index in [9.17, 15) is 18.0 Å². The molecule has 0 unspecified atom stereocenters. The molecule has 0 saturated carbocycles. The first-order chi connectivity index (χ1) is 12.9. The van der Waals surface area contributed by atoms with Gasteiger partial charge in [0.2, 0.25) is 0 Å². The molecule has 0 bridgehead atoms. The highest BCUT2D eigenvalue weighted by atomic mass is 32.1. The number of pyridine rings is 1. The standard InChI is InChI=1S/C19H12F3NO3S/c1-25-15-11-17(19(20,21)22)23-14-7-6-12(10-13(14)15)4-2-8-26-18(24)16-5-3-9-27-16/h3,5-7,9-11H,8H2,1H3. The lowest BCUT2D eigenvalue weighted by Gasteiger charge is -2.11. The Bertz CT molecular complexity index is 1030. The first kappa shape index (κ1) is 18.7. The summed E-state index contributed by atoms with van der Waals surface area (Å²) in [7, 11) is 1.29. The SMILES string of the molecule is COc1cc(C(F)(F)F)nc2ccc(C#CCOC(=O)c3cccs3)cc12. The normalized spacial score (nSPS) is 11.0. The Balaban J connectivity index is 1.80. The van der Waals surface area contributed by atoms with Crippen LogP contribution < -0.4 is 4.74 Å². The van der Waals surface area contributed by atoms with E-state index >= 15 is 0 Å². The number of benzene rings is 1. The number of hydrogen-bond donors (Lipinski definition) is 0. The molecule has 0 radical (unpaired) electrons. The number of fused-ring (bicyclic) bond motifs is 1. The maximum absolute atomic E-state index is 12.9. The Hall–Kier alpha value is -3.05. The van der Waals surface area contributed by atoms with Crippen molar-refractivity contribution in [1.82, 2.24) is 4.98 Å². The van der Waals surface area contributed by atoms with Crippen LogP contribution in [-0.2, 0) is 10.9 Å². The van der Waals surface area contributed by atoms with Crippen LogP contribution in [0.15, 0.2) is 41.8 Å². The van der Waals surface area contributed by atoms with Gasteiger partial charge < -0.3 is 9.47 Å². The Morgan fingerprint density at radius 1 is 1.26 bits per heavy atom. The van der Waals surface area contributed by atoms with Gasteiger partial charge in [0.05, 0.1) is 12.6 Å². The fourth-order valence-electron chi connectivity index (χ4n) is 2.29. The number of alkyl halides is 3. The zero-order valence-electron chi connectivity index (χ0n) is 14.0. The lowest BCUT2D eigenvalue weighted by Crippen LogP contribution is -2.08. The second kappa shape index (κ2) is 7.68. The van der Waals surface area contributed by atoms with Gasteiger partial charge in [-0.2, -0.15) is 13.2 Å². The highest BCUT2D eigenvalue weighted by molar-refractivity contribution is 7.11. The average Bonchev–Trinajstić information content (AvgIpc) is 3.18. The first-order valence-electron chi connectivity index (χ1n) is 7.64. The number of rotatable bonds is 3. The van der Waals surface area contributed by atoms with Crippen molar-refractivity contribution in [3.05, 3.63) is 57.9 Å². The molecule has 0 aliphatic carbocycles. The number of aromatic nitrogens is 1. The molecule has 0 amide bonds. The van der Waals surface area contributed by atoms with E-state index < -0.39 is 17.8 Å². The monoisotopic (exact) mass is 391 g/mol. The smallest absolute Gasteiger partial charge is 0.433 e. The van der Waals surface area contributed by atoms with Crippen LogP contribution in [-0.4, -0.2) is 24.7 Å². The summed E-state index contributed by atoms with van der Waals surface area (Å²) in [4.78, 5) is 15.8. The molecule has 1 aromatic carbocycles. The van der Waals surface area contributed by atoms with E-state index in [0.717, 1.165) is 6.07 Å². The number of hydrogen-bond acceptors (Lipinski definition) is 5. The van der Waals surface area contributed by atoms with Crippen molar-refractivity contribution >= 4 is 28.2 Å². The Kier molecular flexibility index (Phi) is 5.33. The maximum Gasteiger partial charge on any atom is 0.433 e. The second-order valence-corrected chi connectivity index (χ2v) is 6.24. The van der Waals surface area contributed by atoms with Crippen molar-refractivity contribution < 1.29 is 27.4 Å². The van der Waals surface area contributed by atoms with Crippen molar-refractivity contribution in [2.75, 3.05) is 13.7 Å². The van der Waals surface area contributed by atoms with E-state index in [1.165, 1.54) is 24.5 Å². The van der Waals surface area contributed by atoms with Gasteiger partial charge in [0.1, 0.15) is 16.3 Å². The zero-order chi connectivity index (χ0) is 19.4. The molecule has 3 aromatic rings. The molecule has 2 heterocycles. The van der Waals surface area contributed by atoms with E-state index in [4.69, 9.17) is 9.47 Å². The molecular formula is C19H12F3NO3S. The summed E-state index contributed by atoms with van der Waals surface area (Å²) in [6, 6.07) is 8.81. The van der Waals surface area contributed by atoms with Gasteiger partial charge in [-0.25, -0.2) is 9.78 Å². The van der Waals surface area contributed by atoms with Crippen LogP contribution in [0.2, 0.25) is 0 Å². The second-order valence-electron chi connectivity index (χ2n) is 5.29. The topological polar surface area (TPSA) is 48.4 Å². The van der Waals surface area contributed by atoms with Gasteiger partial charge in [0.15, 0.2) is 6.61 Å². The highest BCUT2D eigenvalue weighted by Crippen LogP contribution is 2.34. The van der Waals surface area contributed by atoms with Crippen LogP contribution in [0.1, 0.15) is 20.9 Å². The molecule has 0 aliphatic heterocycles. The number of carbonyl (C=O) groups is 1. The van der Waals surface area contributed by atoms with E-state index in [0.29, 0.717) is 15.8 Å². The van der Waals surface area contributed by atoms with Crippen LogP contribution in [0, 0.1) is 11.8 Å². The zero-order valence-corrected chi connectivity index (χ0v) is 14.8. The number of esters is 1. The molecule has 138 valence electrons. The number of methoxy groups -OCH3 is 1. The molecule has 0 spiro atoms. The summed E-state index contributed by atoms with van der Waals surface area (Å²) in [5.74, 6) is 5.11. The summed E-state index contributed by atoms with van der Waals surface area (Å²) >= 11 is 1.27. The van der Waals surface area contributed by atoms with Crippen LogP contribution in [0.4, 0.5) is 13.2 Å². The molecular weight excluding hydrogens is 379 g/mol. The summed E-state index contributed by atoms with van der Waals surface area (Å²) in [6.07, 6.45) is -4.56. The Morgan fingerprint density at radius 2 is 2.07 bits per heavy atom. The molecule has 3 rings (SSSR count). The van der Waals surface area contributed by atoms with Crippen molar-refractivity contribution in [2.45, 2.75) is 6.18 Å². The van der Waals surface area contributed by atoms with Gasteiger partial charge in [-0.05, 0) is 29.6 Å². The molecule has 27 heavy (non-hydrogen) atoms. The Labute approximate surface area is 156 Å². The summed E-state index contributed by atoms with van der Waals surface area (Å²) < 4.78 is 48.8. The van der Waals surface area contributed by atoms with E-state index in [2.05, 4.69) is 16.8 Å². The van der Waals surface area contributed by atoms with Crippen molar-refractivity contribution in [3.8, 4) is 17.6 Å². The van der Waals surface area contributed by atoms with Crippen LogP contribution in [0.25, 0.3) is 10.9 Å². The minimum absolute atomic E-state index is 0.0556. The van der Waals surface area contributed by atoms with Gasteiger partial charge in [-0.3, -0.25) is 0 Å². The van der Waals surface area contributed by atoms with Gasteiger partial charge >= 0.3 is 12.1 Å². The summed E-state index contributed by atoms with van der Waals surface area (Å²) in [5, 5.41) is 2.18. The van der Waals surface area contributed by atoms with Gasteiger partial charge in [-0.1, -0.05) is 17.9 Å². The number of nitrogens with zero attached hydrogens (tertiary/aromatic N) is 1. The minimum Gasteiger partial charge on any atom is -0.496 e. The molecule has 0 saturated heterocycles. The van der Waals surface area contributed by atoms with Gasteiger partial charge in [-0.15, -0.1) is 11.3 Å². The van der Waals surface area contributed by atoms with E-state index in [-0.39, 0.29) is 17.9 Å². The van der Waals surface area contributed by atoms with Crippen LogP contribution in [0.3, 0.4) is 0 Å². The summed E-state index contributed by atoms with van der Waals surface area (Å²) in [5.41, 5.74) is -0.336. The highest BCUT2D eigenvalue weighted by Gasteiger charge is 2.33. The van der Waals surface area contributed by atoms with Crippen molar-refractivity contribution in [3.63, 3.8) is 0 Å². The first-order valence-corrected chi connectivity index (χ1v) is 8.52. The predicted molar refractivity (Wildman–Crippen MR) is 94.8 cm³/mol. The lowest BCUT2D eigenvalue weighted by atomic mass is 10.1. The molecule has 4 nitrogen and oxygen atoms in total. The quantitative estimate of drug-likeness (QED) is 0.486. The van der Waals surface area contributed by atoms with E-state index in [1.807, 2.05) is 0 Å². The van der Waals surface area contributed by atoms with E-state index in [1.54, 1.807) is 29.6 Å². The fourth-order valence-corrected chi connectivity index (χ4v) is 2.91. The molecule has 0 aliphatic rings. The third-order valence-electron chi connectivity index (χ3n) is 3.51. The number of ether oxygens (including phenoxy) is 2. The molecule has 0 atom stereocenters. The lowest BCUT2D eigenvalue weighted by molar-refractivity contribution is -0.141.